The number of benzene rings is 2. The minimum Gasteiger partial charge on any atom is -0.489 e. The summed E-state index contributed by atoms with van der Waals surface area (Å²) in [6.45, 7) is 3.71. The highest BCUT2D eigenvalue weighted by Gasteiger charge is 2.24. The maximum atomic E-state index is 12.7. The Morgan fingerprint density at radius 1 is 1.09 bits per heavy atom. The summed E-state index contributed by atoms with van der Waals surface area (Å²) in [7, 11) is 3.51. The minimum absolute atomic E-state index is 0.0188. The van der Waals surface area contributed by atoms with Gasteiger partial charge in [-0.15, -0.1) is 0 Å². The number of nitrogens with one attached hydrogen (secondary N) is 1. The Kier molecular flexibility index (Phi) is 6.77. The zero-order chi connectivity index (χ0) is 23.4. The number of para-hydroxylation sites is 1. The van der Waals surface area contributed by atoms with E-state index in [0.717, 1.165) is 35.0 Å². The van der Waals surface area contributed by atoms with Crippen molar-refractivity contribution in [1.82, 2.24) is 20.1 Å². The van der Waals surface area contributed by atoms with Gasteiger partial charge in [-0.25, -0.2) is 4.79 Å². The van der Waals surface area contributed by atoms with Crippen LogP contribution in [-0.2, 0) is 6.61 Å². The molecule has 1 aliphatic heterocycles. The minimum atomic E-state index is -0.102. The Morgan fingerprint density at radius 3 is 2.48 bits per heavy atom. The molecule has 1 aliphatic rings. The second-order valence-electron chi connectivity index (χ2n) is 8.66. The number of carbonyl (C=O) groups is 2. The van der Waals surface area contributed by atoms with Crippen molar-refractivity contribution in [3.05, 3.63) is 71.4 Å². The van der Waals surface area contributed by atoms with Crippen LogP contribution in [-0.4, -0.2) is 59.9 Å². The first-order chi connectivity index (χ1) is 15.9. The molecular weight excluding hydrogens is 416 g/mol. The van der Waals surface area contributed by atoms with Crippen molar-refractivity contribution in [3.63, 3.8) is 0 Å². The van der Waals surface area contributed by atoms with Gasteiger partial charge in [0.25, 0.3) is 5.91 Å². The number of hydrogen-bond donors (Lipinski definition) is 1. The van der Waals surface area contributed by atoms with Crippen molar-refractivity contribution in [2.24, 2.45) is 0 Å². The SMILES string of the molecule is Cc1cc(COc2ccc(C(=O)NC3CCN(C(=O)N(C)C)CC3)cc2)c2ccccc2n1. The number of carbonyl (C=O) groups excluding carboxylic acids is 2. The summed E-state index contributed by atoms with van der Waals surface area (Å²) >= 11 is 0. The Bertz CT molecular complexity index is 1140. The van der Waals surface area contributed by atoms with Gasteiger partial charge in [-0.2, -0.15) is 0 Å². The standard InChI is InChI=1S/C26H30N4O3/c1-18-16-20(23-6-4-5-7-24(23)27-18)17-33-22-10-8-19(9-11-22)25(31)28-21-12-14-30(15-13-21)26(32)29(2)3/h4-11,16,21H,12-15,17H2,1-3H3,(H,28,31). The molecule has 1 N–H and O–H groups in total. The molecule has 0 saturated carbocycles. The number of rotatable bonds is 5. The van der Waals surface area contributed by atoms with Crippen LogP contribution in [0.1, 0.15) is 34.5 Å². The van der Waals surface area contributed by atoms with Gasteiger partial charge in [0.2, 0.25) is 0 Å². The molecule has 2 aromatic carbocycles. The highest BCUT2D eigenvalue weighted by atomic mass is 16.5. The number of ether oxygens (including phenoxy) is 1. The van der Waals surface area contributed by atoms with Crippen LogP contribution in [0.15, 0.2) is 54.6 Å². The molecule has 0 atom stereocenters. The van der Waals surface area contributed by atoms with Gasteiger partial charge in [0.1, 0.15) is 12.4 Å². The number of likely N-dealkylation sites (tertiary alicyclic amines) is 1. The Balaban J connectivity index is 1.32. The van der Waals surface area contributed by atoms with E-state index in [1.54, 1.807) is 31.1 Å². The third-order valence-corrected chi connectivity index (χ3v) is 5.92. The zero-order valence-electron chi connectivity index (χ0n) is 19.4. The maximum Gasteiger partial charge on any atom is 0.319 e. The van der Waals surface area contributed by atoms with E-state index in [1.807, 2.05) is 48.2 Å². The number of hydrogen-bond acceptors (Lipinski definition) is 4. The summed E-state index contributed by atoms with van der Waals surface area (Å²) in [5.41, 5.74) is 3.59. The Labute approximate surface area is 194 Å². The number of fused-ring (bicyclic) bond motifs is 1. The van der Waals surface area contributed by atoms with Crippen LogP contribution in [0, 0.1) is 6.92 Å². The van der Waals surface area contributed by atoms with E-state index >= 15 is 0 Å². The first-order valence-electron chi connectivity index (χ1n) is 11.3. The van der Waals surface area contributed by atoms with E-state index < -0.39 is 0 Å². The molecular formula is C26H30N4O3. The number of nitrogens with zero attached hydrogens (tertiary/aromatic N) is 3. The predicted octanol–water partition coefficient (Wildman–Crippen LogP) is 4.00. The van der Waals surface area contributed by atoms with Crippen LogP contribution in [0.5, 0.6) is 5.75 Å². The number of aryl methyl sites for hydroxylation is 1. The third kappa shape index (κ3) is 5.42. The molecule has 3 aromatic rings. The van der Waals surface area contributed by atoms with E-state index in [9.17, 15) is 9.59 Å². The molecule has 3 amide bonds. The largest absolute Gasteiger partial charge is 0.489 e. The number of piperidine rings is 1. The molecule has 172 valence electrons. The van der Waals surface area contributed by atoms with Gasteiger partial charge in [-0.1, -0.05) is 18.2 Å². The fourth-order valence-electron chi connectivity index (χ4n) is 4.14. The lowest BCUT2D eigenvalue weighted by atomic mass is 10.0. The van der Waals surface area contributed by atoms with Crippen LogP contribution < -0.4 is 10.1 Å². The van der Waals surface area contributed by atoms with Crippen molar-refractivity contribution in [2.75, 3.05) is 27.2 Å². The molecule has 1 saturated heterocycles. The van der Waals surface area contributed by atoms with Crippen LogP contribution in [0.2, 0.25) is 0 Å². The second-order valence-corrected chi connectivity index (χ2v) is 8.66. The number of amides is 3. The topological polar surface area (TPSA) is 74.8 Å². The molecule has 0 unspecified atom stereocenters. The molecule has 0 bridgehead atoms. The highest BCUT2D eigenvalue weighted by Crippen LogP contribution is 2.21. The fourth-order valence-corrected chi connectivity index (χ4v) is 4.14. The van der Waals surface area contributed by atoms with Gasteiger partial charge in [-0.05, 0) is 56.2 Å². The lowest BCUT2D eigenvalue weighted by Gasteiger charge is -2.33. The van der Waals surface area contributed by atoms with Gasteiger partial charge >= 0.3 is 6.03 Å². The fraction of sp³-hybridized carbons (Fsp3) is 0.346. The van der Waals surface area contributed by atoms with Gasteiger partial charge < -0.3 is 19.9 Å². The summed E-state index contributed by atoms with van der Waals surface area (Å²) in [5.74, 6) is 0.607. The molecule has 0 radical (unpaired) electrons. The summed E-state index contributed by atoms with van der Waals surface area (Å²) < 4.78 is 5.99. The molecule has 7 heteroatoms. The van der Waals surface area contributed by atoms with E-state index in [0.29, 0.717) is 31.0 Å². The lowest BCUT2D eigenvalue weighted by Crippen LogP contribution is -2.49. The Hall–Kier alpha value is -3.61. The van der Waals surface area contributed by atoms with E-state index in [2.05, 4.69) is 16.4 Å². The molecule has 1 fully saturated rings. The second kappa shape index (κ2) is 9.90. The first-order valence-corrected chi connectivity index (χ1v) is 11.3. The normalized spacial score (nSPS) is 14.2. The van der Waals surface area contributed by atoms with Gasteiger partial charge in [-0.3, -0.25) is 9.78 Å². The molecule has 0 spiro atoms. The summed E-state index contributed by atoms with van der Waals surface area (Å²) in [4.78, 5) is 32.7. The number of pyridine rings is 1. The molecule has 4 rings (SSSR count). The van der Waals surface area contributed by atoms with Gasteiger partial charge in [0.15, 0.2) is 0 Å². The van der Waals surface area contributed by atoms with Gasteiger partial charge in [0, 0.05) is 55.4 Å². The van der Waals surface area contributed by atoms with Crippen molar-refractivity contribution in [1.29, 1.82) is 0 Å². The van der Waals surface area contributed by atoms with Crippen molar-refractivity contribution in [3.8, 4) is 5.75 Å². The summed E-state index contributed by atoms with van der Waals surface area (Å²) in [6.07, 6.45) is 1.51. The Morgan fingerprint density at radius 2 is 1.79 bits per heavy atom. The molecule has 0 aliphatic carbocycles. The van der Waals surface area contributed by atoms with E-state index in [4.69, 9.17) is 4.74 Å². The smallest absolute Gasteiger partial charge is 0.319 e. The zero-order valence-corrected chi connectivity index (χ0v) is 19.4. The average molecular weight is 447 g/mol. The monoisotopic (exact) mass is 446 g/mol. The average Bonchev–Trinajstić information content (AvgIpc) is 2.82. The maximum absolute atomic E-state index is 12.7. The third-order valence-electron chi connectivity index (χ3n) is 5.92. The van der Waals surface area contributed by atoms with Crippen molar-refractivity contribution < 1.29 is 14.3 Å². The van der Waals surface area contributed by atoms with Crippen LogP contribution in [0.25, 0.3) is 10.9 Å². The molecule has 7 nitrogen and oxygen atoms in total. The number of urea groups is 1. The molecule has 2 heterocycles. The lowest BCUT2D eigenvalue weighted by molar-refractivity contribution is 0.0914. The molecule has 1 aromatic heterocycles. The van der Waals surface area contributed by atoms with Crippen molar-refractivity contribution in [2.45, 2.75) is 32.4 Å². The quantitative estimate of drug-likeness (QED) is 0.643. The van der Waals surface area contributed by atoms with E-state index in [-0.39, 0.29) is 18.0 Å². The van der Waals surface area contributed by atoms with E-state index in [1.165, 1.54) is 0 Å². The molecule has 33 heavy (non-hydrogen) atoms. The van der Waals surface area contributed by atoms with Crippen LogP contribution in [0.3, 0.4) is 0 Å². The van der Waals surface area contributed by atoms with Crippen LogP contribution in [0.4, 0.5) is 4.79 Å². The van der Waals surface area contributed by atoms with Crippen LogP contribution >= 0.6 is 0 Å². The predicted molar refractivity (Wildman–Crippen MR) is 128 cm³/mol. The first kappa shape index (κ1) is 22.6. The number of aromatic nitrogens is 1. The van der Waals surface area contributed by atoms with Gasteiger partial charge in [0.05, 0.1) is 5.52 Å². The summed E-state index contributed by atoms with van der Waals surface area (Å²) in [6, 6.07) is 17.4. The highest BCUT2D eigenvalue weighted by molar-refractivity contribution is 5.94. The van der Waals surface area contributed by atoms with Crippen molar-refractivity contribution >= 4 is 22.8 Å². The summed E-state index contributed by atoms with van der Waals surface area (Å²) in [5, 5.41) is 4.17.